The van der Waals surface area contributed by atoms with Crippen LogP contribution in [0.1, 0.15) is 35.3 Å². The number of aliphatic hydroxyl groups is 1. The standard InChI is InChI=1S/C30H34O8/c1-17-13-19-14-21(33-3)26(36-6)28(38-29(31)18-11-9-8-10-12-18)23(19)24-20(16-30(17,2)32)15-22(34-4)25(35-5)27(24)37-7/h8-12,14-15,17,32H,13,16H2,1-7H3/t17-,30-/m1/s1. The lowest BCUT2D eigenvalue weighted by Crippen LogP contribution is -2.37. The van der Waals surface area contributed by atoms with Crippen molar-refractivity contribution in [2.24, 2.45) is 5.92 Å². The average molecular weight is 523 g/mol. The van der Waals surface area contributed by atoms with Crippen molar-refractivity contribution in [2.75, 3.05) is 35.5 Å². The third kappa shape index (κ3) is 4.72. The van der Waals surface area contributed by atoms with E-state index in [-0.39, 0.29) is 17.4 Å². The maximum absolute atomic E-state index is 13.3. The van der Waals surface area contributed by atoms with Crippen LogP contribution in [0.15, 0.2) is 42.5 Å². The highest BCUT2D eigenvalue weighted by Gasteiger charge is 2.38. The molecule has 8 nitrogen and oxygen atoms in total. The van der Waals surface area contributed by atoms with Crippen molar-refractivity contribution in [2.45, 2.75) is 32.3 Å². The molecule has 0 heterocycles. The molecule has 0 saturated carbocycles. The van der Waals surface area contributed by atoms with E-state index in [2.05, 4.69) is 0 Å². The molecule has 8 heteroatoms. The van der Waals surface area contributed by atoms with Gasteiger partial charge in [-0.1, -0.05) is 25.1 Å². The van der Waals surface area contributed by atoms with Crippen molar-refractivity contribution >= 4 is 5.97 Å². The first-order valence-electron chi connectivity index (χ1n) is 12.3. The fraction of sp³-hybridized carbons (Fsp3) is 0.367. The molecular formula is C30H34O8. The van der Waals surface area contributed by atoms with Crippen LogP contribution in [0.5, 0.6) is 34.5 Å². The van der Waals surface area contributed by atoms with E-state index in [0.717, 1.165) is 11.1 Å². The Morgan fingerprint density at radius 1 is 0.789 bits per heavy atom. The van der Waals surface area contributed by atoms with Gasteiger partial charge in [-0.2, -0.15) is 0 Å². The van der Waals surface area contributed by atoms with E-state index in [1.807, 2.05) is 32.0 Å². The Hall–Kier alpha value is -3.91. The van der Waals surface area contributed by atoms with Crippen LogP contribution in [0.2, 0.25) is 0 Å². The molecule has 2 atom stereocenters. The first kappa shape index (κ1) is 27.1. The Morgan fingerprint density at radius 3 is 1.87 bits per heavy atom. The maximum atomic E-state index is 13.3. The van der Waals surface area contributed by atoms with Crippen LogP contribution in [0.25, 0.3) is 11.1 Å². The lowest BCUT2D eigenvalue weighted by atomic mass is 9.75. The van der Waals surface area contributed by atoms with E-state index >= 15 is 0 Å². The van der Waals surface area contributed by atoms with Gasteiger partial charge in [-0.25, -0.2) is 4.79 Å². The molecule has 0 spiro atoms. The SMILES string of the molecule is COc1cc2c(c(OC)c1OC)-c1c(cc(OC)c(OC)c1OC(=O)c1ccccc1)C[C@@H](C)[C@](C)(O)C2. The summed E-state index contributed by atoms with van der Waals surface area (Å²) in [5.41, 5.74) is 2.06. The van der Waals surface area contributed by atoms with Gasteiger partial charge in [0.05, 0.1) is 46.7 Å². The predicted molar refractivity (Wildman–Crippen MR) is 143 cm³/mol. The first-order chi connectivity index (χ1) is 18.2. The fourth-order valence-corrected chi connectivity index (χ4v) is 5.00. The smallest absolute Gasteiger partial charge is 0.343 e. The van der Waals surface area contributed by atoms with Crippen LogP contribution in [0, 0.1) is 5.92 Å². The highest BCUT2D eigenvalue weighted by molar-refractivity contribution is 5.95. The minimum atomic E-state index is -1.06. The van der Waals surface area contributed by atoms with Crippen molar-refractivity contribution in [3.8, 4) is 45.6 Å². The van der Waals surface area contributed by atoms with Gasteiger partial charge in [0.2, 0.25) is 11.5 Å². The van der Waals surface area contributed by atoms with Gasteiger partial charge in [-0.3, -0.25) is 0 Å². The normalized spacial score (nSPS) is 18.3. The second-order valence-corrected chi connectivity index (χ2v) is 9.55. The summed E-state index contributed by atoms with van der Waals surface area (Å²) in [5, 5.41) is 11.5. The zero-order chi connectivity index (χ0) is 27.6. The average Bonchev–Trinajstić information content (AvgIpc) is 2.92. The topological polar surface area (TPSA) is 92.7 Å². The summed E-state index contributed by atoms with van der Waals surface area (Å²) >= 11 is 0. The van der Waals surface area contributed by atoms with E-state index in [9.17, 15) is 9.90 Å². The zero-order valence-corrected chi connectivity index (χ0v) is 22.8. The lowest BCUT2D eigenvalue weighted by Gasteiger charge is -2.36. The number of hydrogen-bond acceptors (Lipinski definition) is 8. The van der Waals surface area contributed by atoms with Crippen LogP contribution in [-0.4, -0.2) is 52.2 Å². The van der Waals surface area contributed by atoms with Crippen molar-refractivity contribution < 1.29 is 38.3 Å². The number of hydrogen-bond donors (Lipinski definition) is 1. The van der Waals surface area contributed by atoms with Crippen LogP contribution in [0.3, 0.4) is 0 Å². The third-order valence-electron chi connectivity index (χ3n) is 7.21. The molecule has 0 aliphatic heterocycles. The number of esters is 1. The lowest BCUT2D eigenvalue weighted by molar-refractivity contribution is 0.00625. The van der Waals surface area contributed by atoms with Crippen molar-refractivity contribution in [1.82, 2.24) is 0 Å². The molecule has 0 bridgehead atoms. The van der Waals surface area contributed by atoms with Gasteiger partial charge >= 0.3 is 5.97 Å². The van der Waals surface area contributed by atoms with Gasteiger partial charge in [-0.15, -0.1) is 0 Å². The Morgan fingerprint density at radius 2 is 1.32 bits per heavy atom. The van der Waals surface area contributed by atoms with Gasteiger partial charge in [0.1, 0.15) is 0 Å². The molecule has 1 aliphatic rings. The van der Waals surface area contributed by atoms with E-state index in [4.69, 9.17) is 28.4 Å². The van der Waals surface area contributed by atoms with Crippen LogP contribution in [-0.2, 0) is 12.8 Å². The largest absolute Gasteiger partial charge is 0.493 e. The van der Waals surface area contributed by atoms with Gasteiger partial charge < -0.3 is 33.5 Å². The van der Waals surface area contributed by atoms with Crippen LogP contribution >= 0.6 is 0 Å². The second-order valence-electron chi connectivity index (χ2n) is 9.55. The van der Waals surface area contributed by atoms with Gasteiger partial charge in [-0.05, 0) is 54.7 Å². The first-order valence-corrected chi connectivity index (χ1v) is 12.3. The molecule has 0 unspecified atom stereocenters. The van der Waals surface area contributed by atoms with E-state index in [0.29, 0.717) is 52.5 Å². The summed E-state index contributed by atoms with van der Waals surface area (Å²) in [5.74, 6) is 1.36. The highest BCUT2D eigenvalue weighted by atomic mass is 16.6. The summed E-state index contributed by atoms with van der Waals surface area (Å²) in [4.78, 5) is 13.3. The van der Waals surface area contributed by atoms with E-state index < -0.39 is 11.6 Å². The molecule has 0 fully saturated rings. The minimum Gasteiger partial charge on any atom is -0.493 e. The molecule has 202 valence electrons. The second kappa shape index (κ2) is 10.8. The molecule has 38 heavy (non-hydrogen) atoms. The third-order valence-corrected chi connectivity index (χ3v) is 7.21. The number of methoxy groups -OCH3 is 5. The van der Waals surface area contributed by atoms with Gasteiger partial charge in [0, 0.05) is 17.5 Å². The molecule has 3 aromatic carbocycles. The van der Waals surface area contributed by atoms with Crippen molar-refractivity contribution in [3.63, 3.8) is 0 Å². The Labute approximate surface area is 223 Å². The molecule has 0 radical (unpaired) electrons. The summed E-state index contributed by atoms with van der Waals surface area (Å²) in [6.45, 7) is 3.80. The number of carbonyl (C=O) groups is 1. The molecular weight excluding hydrogens is 488 g/mol. The molecule has 0 aromatic heterocycles. The number of ether oxygens (including phenoxy) is 6. The molecule has 3 aromatic rings. The summed E-state index contributed by atoms with van der Waals surface area (Å²) < 4.78 is 34.7. The highest BCUT2D eigenvalue weighted by Crippen LogP contribution is 2.56. The van der Waals surface area contributed by atoms with E-state index in [1.54, 1.807) is 31.4 Å². The number of benzene rings is 3. The van der Waals surface area contributed by atoms with Gasteiger partial charge in [0.15, 0.2) is 23.0 Å². The van der Waals surface area contributed by atoms with Gasteiger partial charge in [0.25, 0.3) is 0 Å². The monoisotopic (exact) mass is 522 g/mol. The Bertz CT molecular complexity index is 1330. The quantitative estimate of drug-likeness (QED) is 0.338. The summed E-state index contributed by atoms with van der Waals surface area (Å²) in [6.07, 6.45) is 0.760. The Balaban J connectivity index is 2.13. The fourth-order valence-electron chi connectivity index (χ4n) is 5.00. The molecule has 1 aliphatic carbocycles. The van der Waals surface area contributed by atoms with Crippen LogP contribution < -0.4 is 28.4 Å². The van der Waals surface area contributed by atoms with Crippen LogP contribution in [0.4, 0.5) is 0 Å². The number of fused-ring (bicyclic) bond motifs is 3. The summed E-state index contributed by atoms with van der Waals surface area (Å²) in [6, 6.07) is 12.4. The predicted octanol–water partition coefficient (Wildman–Crippen LogP) is 5.10. The molecule has 0 saturated heterocycles. The van der Waals surface area contributed by atoms with E-state index in [1.165, 1.54) is 28.4 Å². The zero-order valence-electron chi connectivity index (χ0n) is 22.8. The molecule has 4 rings (SSSR count). The Kier molecular flexibility index (Phi) is 7.73. The summed E-state index contributed by atoms with van der Waals surface area (Å²) in [7, 11) is 7.63. The van der Waals surface area contributed by atoms with Crippen molar-refractivity contribution in [1.29, 1.82) is 0 Å². The minimum absolute atomic E-state index is 0.163. The molecule has 0 amide bonds. The van der Waals surface area contributed by atoms with Crippen molar-refractivity contribution in [3.05, 3.63) is 59.2 Å². The number of carbonyl (C=O) groups excluding carboxylic acids is 1. The number of rotatable bonds is 7. The molecule has 1 N–H and O–H groups in total. The maximum Gasteiger partial charge on any atom is 0.343 e.